The van der Waals surface area contributed by atoms with E-state index >= 15 is 0 Å². The third-order valence-electron chi connectivity index (χ3n) is 1.78. The number of halogens is 1. The van der Waals surface area contributed by atoms with Crippen LogP contribution in [-0.2, 0) is 9.47 Å². The second kappa shape index (κ2) is 6.13. The van der Waals surface area contributed by atoms with Gasteiger partial charge in [0.2, 0.25) is 6.10 Å². The summed E-state index contributed by atoms with van der Waals surface area (Å²) in [5.74, 6) is 0. The molecule has 0 N–H and O–H groups in total. The monoisotopic (exact) mass is 283 g/mol. The Labute approximate surface area is 102 Å². The number of rotatable bonds is 3. The highest BCUT2D eigenvalue weighted by molar-refractivity contribution is 9.10. The minimum atomic E-state index is -0.963. The maximum atomic E-state index is 11.1. The first-order valence-corrected chi connectivity index (χ1v) is 5.45. The molecule has 0 spiro atoms. The molecule has 4 nitrogen and oxygen atoms in total. The normalized spacial score (nSPS) is 11.3. The van der Waals surface area contributed by atoms with Crippen LogP contribution < -0.4 is 0 Å². The summed E-state index contributed by atoms with van der Waals surface area (Å²) in [5.41, 5.74) is 0.595. The maximum absolute atomic E-state index is 11.1. The van der Waals surface area contributed by atoms with E-state index in [4.69, 9.17) is 10.00 Å². The van der Waals surface area contributed by atoms with E-state index in [9.17, 15) is 4.79 Å². The molecule has 1 aromatic carbocycles. The van der Waals surface area contributed by atoms with E-state index in [1.807, 2.05) is 12.1 Å². The zero-order chi connectivity index (χ0) is 12.0. The number of ether oxygens (including phenoxy) is 2. The van der Waals surface area contributed by atoms with E-state index in [2.05, 4.69) is 20.7 Å². The van der Waals surface area contributed by atoms with Crippen molar-refractivity contribution in [2.75, 3.05) is 6.61 Å². The minimum absolute atomic E-state index is 0.215. The molecule has 0 aliphatic rings. The largest absolute Gasteiger partial charge is 0.509 e. The van der Waals surface area contributed by atoms with Gasteiger partial charge in [0.1, 0.15) is 6.07 Å². The lowest BCUT2D eigenvalue weighted by Crippen LogP contribution is -2.11. The van der Waals surface area contributed by atoms with Crippen LogP contribution in [-0.4, -0.2) is 12.8 Å². The highest BCUT2D eigenvalue weighted by Crippen LogP contribution is 2.25. The second-order valence-electron chi connectivity index (χ2n) is 2.83. The van der Waals surface area contributed by atoms with Crippen LogP contribution in [0.2, 0.25) is 0 Å². The number of hydrogen-bond acceptors (Lipinski definition) is 4. The third-order valence-corrected chi connectivity index (χ3v) is 2.50. The summed E-state index contributed by atoms with van der Waals surface area (Å²) in [7, 11) is 0. The molecular weight excluding hydrogens is 274 g/mol. The molecule has 16 heavy (non-hydrogen) atoms. The van der Waals surface area contributed by atoms with Gasteiger partial charge in [-0.25, -0.2) is 4.79 Å². The Kier molecular flexibility index (Phi) is 4.80. The SMILES string of the molecule is CCOC(=O)OC(C#N)c1ccccc1Br. The molecular formula is C11H10BrNO3. The lowest BCUT2D eigenvalue weighted by molar-refractivity contribution is 0.0419. The molecule has 0 saturated heterocycles. The van der Waals surface area contributed by atoms with Crippen LogP contribution in [0.3, 0.4) is 0 Å². The molecule has 1 rings (SSSR count). The molecule has 0 aromatic heterocycles. The molecule has 1 atom stereocenters. The van der Waals surface area contributed by atoms with Gasteiger partial charge >= 0.3 is 6.16 Å². The first-order valence-electron chi connectivity index (χ1n) is 4.66. The van der Waals surface area contributed by atoms with Crippen LogP contribution in [0.5, 0.6) is 0 Å². The van der Waals surface area contributed by atoms with Crippen molar-refractivity contribution >= 4 is 22.1 Å². The molecule has 0 aliphatic carbocycles. The van der Waals surface area contributed by atoms with Crippen LogP contribution >= 0.6 is 15.9 Å². The Morgan fingerprint density at radius 2 is 2.25 bits per heavy atom. The van der Waals surface area contributed by atoms with Crippen LogP contribution in [0.15, 0.2) is 28.7 Å². The van der Waals surface area contributed by atoms with Crippen molar-refractivity contribution in [3.8, 4) is 6.07 Å². The van der Waals surface area contributed by atoms with Gasteiger partial charge < -0.3 is 9.47 Å². The lowest BCUT2D eigenvalue weighted by Gasteiger charge is -2.11. The van der Waals surface area contributed by atoms with Crippen molar-refractivity contribution in [2.45, 2.75) is 13.0 Å². The van der Waals surface area contributed by atoms with E-state index in [1.54, 1.807) is 25.1 Å². The molecule has 0 amide bonds. The first kappa shape index (κ1) is 12.5. The molecule has 0 heterocycles. The summed E-state index contributed by atoms with van der Waals surface area (Å²) < 4.78 is 10.2. The van der Waals surface area contributed by atoms with E-state index in [-0.39, 0.29) is 6.61 Å². The van der Waals surface area contributed by atoms with E-state index in [0.717, 1.165) is 0 Å². The Bertz CT molecular complexity index is 414. The fraction of sp³-hybridized carbons (Fsp3) is 0.273. The number of hydrogen-bond donors (Lipinski definition) is 0. The number of nitriles is 1. The van der Waals surface area contributed by atoms with Crippen LogP contribution in [0.25, 0.3) is 0 Å². The van der Waals surface area contributed by atoms with E-state index in [0.29, 0.717) is 10.0 Å². The Morgan fingerprint density at radius 1 is 1.56 bits per heavy atom. The van der Waals surface area contributed by atoms with Gasteiger partial charge in [0.05, 0.1) is 6.61 Å². The van der Waals surface area contributed by atoms with Gasteiger partial charge in [-0.3, -0.25) is 0 Å². The standard InChI is InChI=1S/C11H10BrNO3/c1-2-15-11(14)16-10(7-13)8-5-3-4-6-9(8)12/h3-6,10H,2H2,1H3. The Morgan fingerprint density at radius 3 is 2.81 bits per heavy atom. The molecule has 0 saturated carbocycles. The maximum Gasteiger partial charge on any atom is 0.509 e. The van der Waals surface area contributed by atoms with Crippen molar-refractivity contribution in [1.82, 2.24) is 0 Å². The van der Waals surface area contributed by atoms with Crippen molar-refractivity contribution in [3.63, 3.8) is 0 Å². The first-order chi connectivity index (χ1) is 7.69. The molecule has 0 aliphatic heterocycles. The third kappa shape index (κ3) is 3.24. The summed E-state index contributed by atoms with van der Waals surface area (Å²) in [6, 6.07) is 8.95. The predicted molar refractivity (Wildman–Crippen MR) is 60.6 cm³/mol. The molecule has 1 unspecified atom stereocenters. The van der Waals surface area contributed by atoms with Gasteiger partial charge in [0.25, 0.3) is 0 Å². The zero-order valence-corrected chi connectivity index (χ0v) is 10.2. The second-order valence-corrected chi connectivity index (χ2v) is 3.69. The molecule has 1 aromatic rings. The molecule has 84 valence electrons. The fourth-order valence-electron chi connectivity index (χ4n) is 1.10. The topological polar surface area (TPSA) is 59.3 Å². The number of carbonyl (C=O) groups excluding carboxylic acids is 1. The van der Waals surface area contributed by atoms with Crippen molar-refractivity contribution in [2.24, 2.45) is 0 Å². The van der Waals surface area contributed by atoms with Crippen molar-refractivity contribution in [3.05, 3.63) is 34.3 Å². The van der Waals surface area contributed by atoms with Gasteiger partial charge in [-0.15, -0.1) is 0 Å². The summed E-state index contributed by atoms with van der Waals surface area (Å²) >= 11 is 3.28. The van der Waals surface area contributed by atoms with Crippen molar-refractivity contribution < 1.29 is 14.3 Å². The molecule has 0 fully saturated rings. The average molecular weight is 284 g/mol. The predicted octanol–water partition coefficient (Wildman–Crippen LogP) is 3.19. The van der Waals surface area contributed by atoms with Crippen LogP contribution in [0.1, 0.15) is 18.6 Å². The van der Waals surface area contributed by atoms with Gasteiger partial charge in [-0.05, 0) is 13.0 Å². The van der Waals surface area contributed by atoms with Crippen LogP contribution in [0.4, 0.5) is 4.79 Å². The number of carbonyl (C=O) groups is 1. The number of benzene rings is 1. The van der Waals surface area contributed by atoms with Gasteiger partial charge in [-0.1, -0.05) is 34.1 Å². The van der Waals surface area contributed by atoms with Gasteiger partial charge in [0, 0.05) is 10.0 Å². The fourth-order valence-corrected chi connectivity index (χ4v) is 1.59. The summed E-state index contributed by atoms with van der Waals surface area (Å²) in [4.78, 5) is 11.1. The number of nitrogens with zero attached hydrogens (tertiary/aromatic N) is 1. The van der Waals surface area contributed by atoms with E-state index < -0.39 is 12.3 Å². The molecule has 0 bridgehead atoms. The summed E-state index contributed by atoms with van der Waals surface area (Å²) in [5, 5.41) is 8.92. The van der Waals surface area contributed by atoms with Gasteiger partial charge in [-0.2, -0.15) is 5.26 Å². The molecule has 0 radical (unpaired) electrons. The Balaban J connectivity index is 2.80. The average Bonchev–Trinajstić information content (AvgIpc) is 2.27. The molecule has 5 heteroatoms. The highest BCUT2D eigenvalue weighted by Gasteiger charge is 2.18. The van der Waals surface area contributed by atoms with E-state index in [1.165, 1.54) is 0 Å². The smallest absolute Gasteiger partial charge is 0.435 e. The quantitative estimate of drug-likeness (QED) is 0.800. The zero-order valence-electron chi connectivity index (χ0n) is 8.64. The van der Waals surface area contributed by atoms with Crippen molar-refractivity contribution in [1.29, 1.82) is 5.26 Å². The summed E-state index contributed by atoms with van der Waals surface area (Å²) in [6.07, 6.45) is -1.81. The van der Waals surface area contributed by atoms with Gasteiger partial charge in [0.15, 0.2) is 0 Å². The highest BCUT2D eigenvalue weighted by atomic mass is 79.9. The minimum Gasteiger partial charge on any atom is -0.435 e. The van der Waals surface area contributed by atoms with Crippen LogP contribution in [0, 0.1) is 11.3 Å². The summed E-state index contributed by atoms with van der Waals surface area (Å²) in [6.45, 7) is 1.88. The lowest BCUT2D eigenvalue weighted by atomic mass is 10.1. The Hall–Kier alpha value is -1.54.